The molecule has 72 valence electrons. The molecule has 2 aromatic heterocycles. The molecule has 6 heteroatoms. The van der Waals surface area contributed by atoms with Crippen LogP contribution in [0.5, 0.6) is 0 Å². The van der Waals surface area contributed by atoms with Crippen molar-refractivity contribution in [2.45, 2.75) is 6.92 Å². The second-order valence-corrected chi connectivity index (χ2v) is 3.53. The second-order valence-electron chi connectivity index (χ2n) is 2.68. The summed E-state index contributed by atoms with van der Waals surface area (Å²) in [7, 11) is 0. The summed E-state index contributed by atoms with van der Waals surface area (Å²) >= 11 is 1.52. The van der Waals surface area contributed by atoms with E-state index in [0.717, 1.165) is 16.5 Å². The van der Waals surface area contributed by atoms with Gasteiger partial charge in [0.25, 0.3) is 0 Å². The first-order valence-corrected chi connectivity index (χ1v) is 4.93. The van der Waals surface area contributed by atoms with E-state index in [1.807, 2.05) is 18.4 Å². The van der Waals surface area contributed by atoms with Crippen molar-refractivity contribution in [2.24, 2.45) is 5.10 Å². The van der Waals surface area contributed by atoms with Gasteiger partial charge < -0.3 is 0 Å². The highest BCUT2D eigenvalue weighted by molar-refractivity contribution is 7.13. The van der Waals surface area contributed by atoms with E-state index in [2.05, 4.69) is 25.7 Å². The lowest BCUT2D eigenvalue weighted by Gasteiger charge is -1.90. The fourth-order valence-electron chi connectivity index (χ4n) is 0.901. The van der Waals surface area contributed by atoms with Gasteiger partial charge in [-0.2, -0.15) is 10.2 Å². The van der Waals surface area contributed by atoms with Crippen LogP contribution >= 0.6 is 11.3 Å². The van der Waals surface area contributed by atoms with Crippen LogP contribution in [0.3, 0.4) is 0 Å². The first kappa shape index (κ1) is 8.89. The highest BCUT2D eigenvalue weighted by Gasteiger charge is 1.94. The molecule has 0 fully saturated rings. The minimum atomic E-state index is 0.790. The van der Waals surface area contributed by atoms with Crippen LogP contribution in [0.1, 0.15) is 11.4 Å². The largest absolute Gasteiger partial charge is 0.277 e. The van der Waals surface area contributed by atoms with Gasteiger partial charge in [-0.1, -0.05) is 0 Å². The number of hydrogen-bond acceptors (Lipinski definition) is 5. The van der Waals surface area contributed by atoms with E-state index in [4.69, 9.17) is 0 Å². The Morgan fingerprint density at radius 3 is 3.21 bits per heavy atom. The molecule has 0 atom stereocenters. The van der Waals surface area contributed by atoms with Crippen LogP contribution in [-0.2, 0) is 0 Å². The van der Waals surface area contributed by atoms with Gasteiger partial charge in [-0.15, -0.1) is 11.3 Å². The van der Waals surface area contributed by atoms with Crippen molar-refractivity contribution in [2.75, 3.05) is 5.43 Å². The minimum Gasteiger partial charge on any atom is -0.277 e. The van der Waals surface area contributed by atoms with Crippen molar-refractivity contribution in [3.05, 3.63) is 29.0 Å². The zero-order chi connectivity index (χ0) is 9.80. The lowest BCUT2D eigenvalue weighted by Crippen LogP contribution is -1.90. The van der Waals surface area contributed by atoms with Crippen LogP contribution in [0, 0.1) is 6.92 Å². The maximum atomic E-state index is 4.20. The third kappa shape index (κ3) is 2.17. The van der Waals surface area contributed by atoms with Crippen LogP contribution in [0.4, 0.5) is 5.13 Å². The molecule has 0 aliphatic carbocycles. The van der Waals surface area contributed by atoms with Crippen molar-refractivity contribution in [3.63, 3.8) is 0 Å². The molecular formula is C8H9N5S. The molecule has 0 bridgehead atoms. The van der Waals surface area contributed by atoms with E-state index in [-0.39, 0.29) is 0 Å². The van der Waals surface area contributed by atoms with E-state index in [1.54, 1.807) is 12.4 Å². The molecule has 0 aliphatic heterocycles. The molecule has 2 aromatic rings. The van der Waals surface area contributed by atoms with Gasteiger partial charge in [-0.3, -0.25) is 10.5 Å². The number of hydrazone groups is 1. The normalized spacial score (nSPS) is 10.9. The number of nitrogens with one attached hydrogen (secondary N) is 2. The third-order valence-electron chi connectivity index (χ3n) is 1.51. The van der Waals surface area contributed by atoms with Crippen LogP contribution < -0.4 is 5.43 Å². The summed E-state index contributed by atoms with van der Waals surface area (Å²) in [5, 5.41) is 13.3. The quantitative estimate of drug-likeness (QED) is 0.593. The Bertz CT molecular complexity index is 417. The second kappa shape index (κ2) is 4.01. The number of nitrogens with zero attached hydrogens (tertiary/aromatic N) is 3. The average molecular weight is 207 g/mol. The molecule has 2 rings (SSSR count). The van der Waals surface area contributed by atoms with E-state index in [9.17, 15) is 0 Å². The minimum absolute atomic E-state index is 0.790. The predicted molar refractivity (Wildman–Crippen MR) is 56.7 cm³/mol. The highest BCUT2D eigenvalue weighted by atomic mass is 32.1. The fourth-order valence-corrected chi connectivity index (χ4v) is 1.54. The standard InChI is InChI=1S/C8H9N5S/c1-6-5-14-8(11-6)13-10-4-7-2-3-9-12-7/h2-5H,1H3,(H,9,12)(H,11,13)/b10-4-. The molecular weight excluding hydrogens is 198 g/mol. The summed E-state index contributed by atoms with van der Waals surface area (Å²) in [4.78, 5) is 4.20. The zero-order valence-electron chi connectivity index (χ0n) is 7.56. The number of anilines is 1. The van der Waals surface area contributed by atoms with Crippen molar-refractivity contribution in [1.82, 2.24) is 15.2 Å². The maximum absolute atomic E-state index is 4.20. The number of rotatable bonds is 3. The molecule has 5 nitrogen and oxygen atoms in total. The summed E-state index contributed by atoms with van der Waals surface area (Å²) < 4.78 is 0. The van der Waals surface area contributed by atoms with Crippen molar-refractivity contribution in [3.8, 4) is 0 Å². The Morgan fingerprint density at radius 1 is 1.64 bits per heavy atom. The maximum Gasteiger partial charge on any atom is 0.203 e. The van der Waals surface area contributed by atoms with E-state index in [0.29, 0.717) is 0 Å². The molecule has 0 spiro atoms. The predicted octanol–water partition coefficient (Wildman–Crippen LogP) is 1.62. The van der Waals surface area contributed by atoms with Gasteiger partial charge in [-0.25, -0.2) is 4.98 Å². The Hall–Kier alpha value is -1.69. The summed E-state index contributed by atoms with van der Waals surface area (Å²) in [6, 6.07) is 1.83. The van der Waals surface area contributed by atoms with Crippen LogP contribution in [0.25, 0.3) is 0 Å². The van der Waals surface area contributed by atoms with Gasteiger partial charge in [0.1, 0.15) is 0 Å². The molecule has 2 N–H and O–H groups in total. The Morgan fingerprint density at radius 2 is 2.57 bits per heavy atom. The molecule has 0 saturated heterocycles. The Kier molecular flexibility index (Phi) is 2.55. The van der Waals surface area contributed by atoms with Crippen molar-refractivity contribution < 1.29 is 0 Å². The van der Waals surface area contributed by atoms with E-state index < -0.39 is 0 Å². The lowest BCUT2D eigenvalue weighted by atomic mass is 10.5. The molecule has 0 amide bonds. The average Bonchev–Trinajstić information content (AvgIpc) is 2.77. The Balaban J connectivity index is 1.94. The molecule has 0 radical (unpaired) electrons. The van der Waals surface area contributed by atoms with Gasteiger partial charge in [0, 0.05) is 11.6 Å². The first-order valence-electron chi connectivity index (χ1n) is 4.05. The van der Waals surface area contributed by atoms with E-state index >= 15 is 0 Å². The van der Waals surface area contributed by atoms with Gasteiger partial charge >= 0.3 is 0 Å². The van der Waals surface area contributed by atoms with Crippen LogP contribution in [0.2, 0.25) is 0 Å². The summed E-state index contributed by atoms with van der Waals surface area (Å²) in [5.41, 5.74) is 4.68. The lowest BCUT2D eigenvalue weighted by molar-refractivity contribution is 1.08. The smallest absolute Gasteiger partial charge is 0.203 e. The molecule has 0 saturated carbocycles. The first-order chi connectivity index (χ1) is 6.84. The van der Waals surface area contributed by atoms with Crippen molar-refractivity contribution in [1.29, 1.82) is 0 Å². The molecule has 0 unspecified atom stereocenters. The van der Waals surface area contributed by atoms with E-state index in [1.165, 1.54) is 11.3 Å². The van der Waals surface area contributed by atoms with Gasteiger partial charge in [0.2, 0.25) is 5.13 Å². The zero-order valence-corrected chi connectivity index (χ0v) is 8.38. The fraction of sp³-hybridized carbons (Fsp3) is 0.125. The monoisotopic (exact) mass is 207 g/mol. The number of thiazole rings is 1. The molecule has 2 heterocycles. The number of aromatic nitrogens is 3. The number of aromatic amines is 1. The number of H-pyrrole nitrogens is 1. The third-order valence-corrected chi connectivity index (χ3v) is 2.37. The summed E-state index contributed by atoms with van der Waals surface area (Å²) in [6.07, 6.45) is 3.33. The van der Waals surface area contributed by atoms with Gasteiger partial charge in [-0.05, 0) is 13.0 Å². The van der Waals surface area contributed by atoms with Gasteiger partial charge in [0.05, 0.1) is 17.6 Å². The molecule has 14 heavy (non-hydrogen) atoms. The van der Waals surface area contributed by atoms with Gasteiger partial charge in [0.15, 0.2) is 0 Å². The van der Waals surface area contributed by atoms with Crippen LogP contribution in [0.15, 0.2) is 22.7 Å². The molecule has 0 aliphatic rings. The SMILES string of the molecule is Cc1csc(N/N=C\c2ccn[nH]2)n1. The highest BCUT2D eigenvalue weighted by Crippen LogP contribution is 2.13. The molecule has 0 aromatic carbocycles. The number of hydrogen-bond donors (Lipinski definition) is 2. The summed E-state index contributed by atoms with van der Waals surface area (Å²) in [5.74, 6) is 0. The summed E-state index contributed by atoms with van der Waals surface area (Å²) in [6.45, 7) is 1.94. The Labute approximate surface area is 84.9 Å². The van der Waals surface area contributed by atoms with Crippen molar-refractivity contribution >= 4 is 22.7 Å². The topological polar surface area (TPSA) is 66.0 Å². The van der Waals surface area contributed by atoms with Crippen LogP contribution in [-0.4, -0.2) is 21.4 Å². The number of aryl methyl sites for hydroxylation is 1.